The SMILES string of the molecule is O=C(Cc1cccc(N2CC(F)(F)C2)c1)Nc1ccc([C@H]2CCC[C@H](c3ccc(NC(=O)Cc4cccc(N5CC(F)(F)C5)c4)nn3)C2)nn1. The van der Waals surface area contributed by atoms with Crippen LogP contribution in [0.1, 0.15) is 60.0 Å². The second-order valence-electron chi connectivity index (χ2n) is 13.5. The molecule has 2 N–H and O–H groups in total. The topological polar surface area (TPSA) is 116 Å². The summed E-state index contributed by atoms with van der Waals surface area (Å²) in [5.74, 6) is -4.91. The van der Waals surface area contributed by atoms with Crippen LogP contribution in [0.4, 0.5) is 40.6 Å². The van der Waals surface area contributed by atoms with E-state index in [-0.39, 0.29) is 62.7 Å². The van der Waals surface area contributed by atoms with Crippen LogP contribution in [-0.4, -0.2) is 70.2 Å². The summed E-state index contributed by atoms with van der Waals surface area (Å²) in [6.07, 6.45) is 3.82. The summed E-state index contributed by atoms with van der Waals surface area (Å²) in [5, 5.41) is 22.8. The van der Waals surface area contributed by atoms with E-state index in [4.69, 9.17) is 0 Å². The van der Waals surface area contributed by atoms with Crippen LogP contribution in [0.5, 0.6) is 0 Å². The van der Waals surface area contributed by atoms with E-state index in [1.807, 2.05) is 12.1 Å². The zero-order valence-electron chi connectivity index (χ0n) is 27.2. The number of anilines is 4. The van der Waals surface area contributed by atoms with Crippen molar-refractivity contribution in [3.8, 4) is 0 Å². The largest absolute Gasteiger partial charge is 0.359 e. The summed E-state index contributed by atoms with van der Waals surface area (Å²) < 4.78 is 53.1. The van der Waals surface area contributed by atoms with Gasteiger partial charge in [0, 0.05) is 23.2 Å². The first-order valence-corrected chi connectivity index (χ1v) is 16.7. The van der Waals surface area contributed by atoms with E-state index < -0.39 is 11.8 Å². The molecule has 4 heterocycles. The summed E-state index contributed by atoms with van der Waals surface area (Å²) >= 11 is 0. The van der Waals surface area contributed by atoms with E-state index in [2.05, 4.69) is 31.0 Å². The molecule has 1 aliphatic carbocycles. The van der Waals surface area contributed by atoms with E-state index in [0.29, 0.717) is 34.1 Å². The minimum Gasteiger partial charge on any atom is -0.359 e. The second kappa shape index (κ2) is 13.6. The predicted molar refractivity (Wildman–Crippen MR) is 180 cm³/mol. The van der Waals surface area contributed by atoms with Gasteiger partial charge in [0.2, 0.25) is 11.8 Å². The Balaban J connectivity index is 0.887. The van der Waals surface area contributed by atoms with Gasteiger partial charge < -0.3 is 20.4 Å². The lowest BCUT2D eigenvalue weighted by atomic mass is 9.78. The molecule has 1 saturated carbocycles. The summed E-state index contributed by atoms with van der Waals surface area (Å²) in [7, 11) is 0. The molecule has 0 bridgehead atoms. The molecule has 10 nitrogen and oxygen atoms in total. The number of nitrogens with zero attached hydrogens (tertiary/aromatic N) is 6. The molecule has 4 aromatic rings. The molecule has 2 aromatic heterocycles. The molecular weight excluding hydrogens is 652 g/mol. The lowest BCUT2D eigenvalue weighted by molar-refractivity contribution is -0.116. The Morgan fingerprint density at radius 1 is 0.640 bits per heavy atom. The highest BCUT2D eigenvalue weighted by molar-refractivity contribution is 5.92. The van der Waals surface area contributed by atoms with Crippen LogP contribution in [-0.2, 0) is 22.4 Å². The monoisotopic (exact) mass is 688 g/mol. The van der Waals surface area contributed by atoms with Crippen molar-refractivity contribution in [3.05, 3.63) is 95.3 Å². The molecule has 0 spiro atoms. The lowest BCUT2D eigenvalue weighted by Crippen LogP contribution is -2.56. The van der Waals surface area contributed by atoms with Crippen LogP contribution in [0.25, 0.3) is 0 Å². The maximum Gasteiger partial charge on any atom is 0.282 e. The van der Waals surface area contributed by atoms with Gasteiger partial charge in [0.25, 0.3) is 11.8 Å². The number of amides is 2. The Hall–Kier alpha value is -5.14. The van der Waals surface area contributed by atoms with Gasteiger partial charge >= 0.3 is 0 Å². The molecule has 0 unspecified atom stereocenters. The average Bonchev–Trinajstić information content (AvgIpc) is 3.07. The fourth-order valence-electron chi connectivity index (χ4n) is 6.84. The Kier molecular flexibility index (Phi) is 9.10. The van der Waals surface area contributed by atoms with Crippen molar-refractivity contribution in [2.75, 3.05) is 46.6 Å². The van der Waals surface area contributed by atoms with Gasteiger partial charge in [0.05, 0.1) is 50.4 Å². The molecule has 0 radical (unpaired) electrons. The van der Waals surface area contributed by atoms with E-state index in [1.54, 1.807) is 70.5 Å². The number of carbonyl (C=O) groups excluding carboxylic acids is 2. The fourth-order valence-corrected chi connectivity index (χ4v) is 6.84. The van der Waals surface area contributed by atoms with Crippen LogP contribution >= 0.6 is 0 Å². The highest BCUT2D eigenvalue weighted by Crippen LogP contribution is 2.40. The number of alkyl halides is 4. The molecule has 2 aromatic carbocycles. The smallest absolute Gasteiger partial charge is 0.282 e. The van der Waals surface area contributed by atoms with Gasteiger partial charge in [-0.25, -0.2) is 17.6 Å². The number of hydrogen-bond acceptors (Lipinski definition) is 8. The fraction of sp³-hybridized carbons (Fsp3) is 0.389. The van der Waals surface area contributed by atoms with Crippen molar-refractivity contribution in [2.45, 2.75) is 62.2 Å². The normalized spacial score (nSPS) is 20.7. The van der Waals surface area contributed by atoms with Crippen LogP contribution in [0.2, 0.25) is 0 Å². The molecule has 2 amide bonds. The number of carbonyl (C=O) groups is 2. The number of benzene rings is 2. The van der Waals surface area contributed by atoms with Crippen molar-refractivity contribution < 1.29 is 27.2 Å². The van der Waals surface area contributed by atoms with Crippen molar-refractivity contribution >= 4 is 34.8 Å². The highest BCUT2D eigenvalue weighted by atomic mass is 19.3. The Bertz CT molecular complexity index is 1710. The van der Waals surface area contributed by atoms with E-state index in [0.717, 1.165) is 37.1 Å². The van der Waals surface area contributed by atoms with Crippen LogP contribution < -0.4 is 20.4 Å². The highest BCUT2D eigenvalue weighted by Gasteiger charge is 2.44. The number of rotatable bonds is 10. The third-order valence-corrected chi connectivity index (χ3v) is 9.39. The first-order chi connectivity index (χ1) is 24.0. The molecule has 2 atom stereocenters. The van der Waals surface area contributed by atoms with Crippen molar-refractivity contribution in [2.24, 2.45) is 0 Å². The summed E-state index contributed by atoms with van der Waals surface area (Å²) in [6.45, 7) is -1.28. The lowest BCUT2D eigenvalue weighted by Gasteiger charge is -2.40. The van der Waals surface area contributed by atoms with Gasteiger partial charge in [-0.15, -0.1) is 10.2 Å². The van der Waals surface area contributed by atoms with Gasteiger partial charge in [-0.1, -0.05) is 30.7 Å². The van der Waals surface area contributed by atoms with E-state index in [9.17, 15) is 27.2 Å². The van der Waals surface area contributed by atoms with Gasteiger partial charge in [0.1, 0.15) is 0 Å². The molecule has 2 aliphatic heterocycles. The summed E-state index contributed by atoms with van der Waals surface area (Å²) in [5.41, 5.74) is 4.43. The standard InChI is InChI=1S/C36H36F4N8O2/c37-35(38)19-47(20-35)27-8-1-4-23(14-27)16-33(49)41-31-12-10-29(43-45-31)25-6-3-7-26(18-25)30-11-13-32(46-44-30)42-34(50)17-24-5-2-9-28(15-24)48-21-36(39,40)22-48/h1-2,4-5,8-15,25-26H,3,6-7,16-22H2,(H,41,45,49)(H,42,46,50)/t25-,26-/m0/s1. The summed E-state index contributed by atoms with van der Waals surface area (Å²) in [6, 6.07) is 21.3. The molecule has 3 aliphatic rings. The van der Waals surface area contributed by atoms with Crippen LogP contribution in [0.3, 0.4) is 0 Å². The third-order valence-electron chi connectivity index (χ3n) is 9.39. The zero-order valence-corrected chi connectivity index (χ0v) is 27.2. The molecule has 14 heteroatoms. The van der Waals surface area contributed by atoms with Gasteiger partial charge in [-0.3, -0.25) is 9.59 Å². The second-order valence-corrected chi connectivity index (χ2v) is 13.5. The quantitative estimate of drug-likeness (QED) is 0.196. The first kappa shape index (κ1) is 33.4. The molecule has 2 saturated heterocycles. The van der Waals surface area contributed by atoms with Crippen LogP contribution in [0.15, 0.2) is 72.8 Å². The van der Waals surface area contributed by atoms with Crippen LogP contribution in [0, 0.1) is 0 Å². The van der Waals surface area contributed by atoms with Crippen molar-refractivity contribution in [1.29, 1.82) is 0 Å². The minimum absolute atomic E-state index is 0.0771. The van der Waals surface area contributed by atoms with Crippen molar-refractivity contribution in [3.63, 3.8) is 0 Å². The Morgan fingerprint density at radius 2 is 1.08 bits per heavy atom. The van der Waals surface area contributed by atoms with E-state index in [1.165, 1.54) is 0 Å². The molecule has 260 valence electrons. The molecule has 50 heavy (non-hydrogen) atoms. The molecular formula is C36H36F4N8O2. The van der Waals surface area contributed by atoms with Crippen molar-refractivity contribution in [1.82, 2.24) is 20.4 Å². The predicted octanol–water partition coefficient (Wildman–Crippen LogP) is 5.98. The average molecular weight is 689 g/mol. The number of aromatic nitrogens is 4. The minimum atomic E-state index is -2.67. The molecule has 7 rings (SSSR count). The Morgan fingerprint density at radius 3 is 1.46 bits per heavy atom. The summed E-state index contributed by atoms with van der Waals surface area (Å²) in [4.78, 5) is 28.6. The number of halogens is 4. The Labute approximate surface area is 286 Å². The first-order valence-electron chi connectivity index (χ1n) is 16.7. The number of hydrogen-bond donors (Lipinski definition) is 2. The maximum atomic E-state index is 13.3. The zero-order chi connectivity index (χ0) is 34.9. The van der Waals surface area contributed by atoms with Gasteiger partial charge in [-0.2, -0.15) is 10.2 Å². The van der Waals surface area contributed by atoms with E-state index >= 15 is 0 Å². The number of nitrogens with one attached hydrogen (secondary N) is 2. The molecule has 3 fully saturated rings. The van der Waals surface area contributed by atoms with Gasteiger partial charge in [-0.05, 0) is 78.9 Å². The third kappa shape index (κ3) is 8.01. The maximum absolute atomic E-state index is 13.3. The van der Waals surface area contributed by atoms with Gasteiger partial charge in [0.15, 0.2) is 11.6 Å².